The van der Waals surface area contributed by atoms with Crippen LogP contribution in [0.2, 0.25) is 0 Å². The molecule has 2 bridgehead atoms. The van der Waals surface area contributed by atoms with Gasteiger partial charge in [-0.3, -0.25) is 14.4 Å². The number of hydrogen-bond donors (Lipinski definition) is 5. The van der Waals surface area contributed by atoms with E-state index in [0.29, 0.717) is 47.2 Å². The van der Waals surface area contributed by atoms with Crippen molar-refractivity contribution in [3.05, 3.63) is 59.8 Å². The number of carbonyl (C=O) groups is 2. The first-order chi connectivity index (χ1) is 25.0. The molecule has 0 spiro atoms. The molecule has 1 saturated heterocycles. The average molecular weight is 738 g/mol. The maximum absolute atomic E-state index is 14.2. The first kappa shape index (κ1) is 42.5. The summed E-state index contributed by atoms with van der Waals surface area (Å²) in [7, 11) is 5.59. The molecular formula is C42H67N5O6. The average Bonchev–Trinajstić information content (AvgIpc) is 3.45. The Balaban J connectivity index is 1.64. The van der Waals surface area contributed by atoms with Crippen molar-refractivity contribution in [1.29, 1.82) is 0 Å². The molecule has 4 aliphatic rings. The Kier molecular flexibility index (Phi) is 14.8. The lowest BCUT2D eigenvalue weighted by atomic mass is 9.45. The van der Waals surface area contributed by atoms with Crippen LogP contribution in [0.5, 0.6) is 5.75 Å². The normalized spacial score (nSPS) is 28.1. The maximum atomic E-state index is 14.2. The number of fused-ring (bicyclic) bond motifs is 2. The number of amides is 2. The Morgan fingerprint density at radius 3 is 2.47 bits per heavy atom. The fourth-order valence-electron chi connectivity index (χ4n) is 9.12. The van der Waals surface area contributed by atoms with Crippen molar-refractivity contribution in [3.63, 3.8) is 0 Å². The number of methoxy groups -OCH3 is 1. The zero-order valence-corrected chi connectivity index (χ0v) is 33.8. The van der Waals surface area contributed by atoms with Gasteiger partial charge in [-0.05, 0) is 94.0 Å². The van der Waals surface area contributed by atoms with Crippen molar-refractivity contribution in [3.8, 4) is 5.75 Å². The second kappa shape index (κ2) is 18.4. The zero-order chi connectivity index (χ0) is 39.2. The summed E-state index contributed by atoms with van der Waals surface area (Å²) in [6.45, 7) is 20.2. The molecule has 0 unspecified atom stereocenters. The fourth-order valence-corrected chi connectivity index (χ4v) is 9.12. The van der Waals surface area contributed by atoms with Crippen LogP contribution in [0.3, 0.4) is 0 Å². The lowest BCUT2D eigenvalue weighted by Crippen LogP contribution is -2.62. The van der Waals surface area contributed by atoms with E-state index < -0.39 is 24.2 Å². The molecule has 5 N–H and O–H groups in total. The number of hydroxylamine groups is 2. The van der Waals surface area contributed by atoms with Crippen LogP contribution in [0.1, 0.15) is 78.9 Å². The Bertz CT molecular complexity index is 1480. The molecule has 1 aliphatic heterocycles. The second-order valence-corrected chi connectivity index (χ2v) is 16.8. The molecule has 0 aromatic heterocycles. The third-order valence-electron chi connectivity index (χ3n) is 11.8. The van der Waals surface area contributed by atoms with E-state index in [1.54, 1.807) is 31.2 Å². The molecule has 11 heteroatoms. The first-order valence-electron chi connectivity index (χ1n) is 19.5. The van der Waals surface area contributed by atoms with Crippen molar-refractivity contribution in [2.75, 3.05) is 40.9 Å². The predicted molar refractivity (Wildman–Crippen MR) is 210 cm³/mol. The minimum Gasteiger partial charge on any atom is -0.496 e. The van der Waals surface area contributed by atoms with Crippen molar-refractivity contribution in [2.24, 2.45) is 35.0 Å². The van der Waals surface area contributed by atoms with Gasteiger partial charge in [0.05, 0.1) is 26.4 Å². The maximum Gasteiger partial charge on any atom is 0.244 e. The lowest BCUT2D eigenvalue weighted by molar-refractivity contribution is -0.183. The minimum atomic E-state index is -0.905. The van der Waals surface area contributed by atoms with Crippen LogP contribution < -0.4 is 20.7 Å². The summed E-state index contributed by atoms with van der Waals surface area (Å²) in [4.78, 5) is 35.8. The van der Waals surface area contributed by atoms with Crippen molar-refractivity contribution in [1.82, 2.24) is 25.9 Å². The second-order valence-electron chi connectivity index (χ2n) is 16.8. The summed E-state index contributed by atoms with van der Waals surface area (Å²) in [5.74, 6) is 1.38. The molecule has 296 valence electrons. The highest BCUT2D eigenvalue weighted by Crippen LogP contribution is 2.61. The number of ether oxygens (including phenoxy) is 1. The molecule has 3 aliphatic carbocycles. The highest BCUT2D eigenvalue weighted by atomic mass is 16.7. The van der Waals surface area contributed by atoms with Crippen molar-refractivity contribution >= 4 is 17.4 Å². The van der Waals surface area contributed by atoms with E-state index in [1.165, 1.54) is 6.42 Å². The summed E-state index contributed by atoms with van der Waals surface area (Å²) in [6.07, 6.45) is 6.51. The predicted octanol–water partition coefficient (Wildman–Crippen LogP) is 4.51. The third-order valence-corrected chi connectivity index (χ3v) is 11.8. The van der Waals surface area contributed by atoms with Gasteiger partial charge in [-0.15, -0.1) is 0 Å². The Morgan fingerprint density at radius 2 is 1.91 bits per heavy atom. The van der Waals surface area contributed by atoms with Gasteiger partial charge < -0.3 is 35.8 Å². The molecule has 11 nitrogen and oxygen atoms in total. The number of rotatable bonds is 18. The number of para-hydroxylation sites is 1. The van der Waals surface area contributed by atoms with Gasteiger partial charge in [-0.25, -0.2) is 0 Å². The largest absolute Gasteiger partial charge is 0.496 e. The van der Waals surface area contributed by atoms with Crippen LogP contribution in [0.4, 0.5) is 0 Å². The van der Waals surface area contributed by atoms with Gasteiger partial charge in [-0.2, -0.15) is 5.06 Å². The summed E-state index contributed by atoms with van der Waals surface area (Å²) in [5.41, 5.74) is 3.12. The van der Waals surface area contributed by atoms with Gasteiger partial charge in [0.2, 0.25) is 11.8 Å². The first-order valence-corrected chi connectivity index (χ1v) is 19.5. The smallest absolute Gasteiger partial charge is 0.244 e. The molecule has 53 heavy (non-hydrogen) atoms. The van der Waals surface area contributed by atoms with Crippen LogP contribution in [0, 0.1) is 35.0 Å². The Morgan fingerprint density at radius 1 is 1.19 bits per heavy atom. The summed E-state index contributed by atoms with van der Waals surface area (Å²) in [6, 6.07) is 4.93. The zero-order valence-electron chi connectivity index (χ0n) is 33.8. The van der Waals surface area contributed by atoms with E-state index in [0.717, 1.165) is 30.5 Å². The fraction of sp³-hybridized carbons (Fsp3) is 0.667. The lowest BCUT2D eigenvalue weighted by Gasteiger charge is -2.62. The molecule has 4 fully saturated rings. The summed E-state index contributed by atoms with van der Waals surface area (Å²) in [5, 5.41) is 32.6. The highest BCUT2D eigenvalue weighted by molar-refractivity contribution is 5.92. The molecule has 1 aromatic rings. The quantitative estimate of drug-likeness (QED) is 0.109. The number of benzene rings is 1. The van der Waals surface area contributed by atoms with E-state index >= 15 is 0 Å². The molecule has 1 heterocycles. The number of allylic oxidation sites excluding steroid dienone is 3. The van der Waals surface area contributed by atoms with Gasteiger partial charge in [0.1, 0.15) is 17.9 Å². The van der Waals surface area contributed by atoms with Crippen LogP contribution in [-0.4, -0.2) is 103 Å². The number of nitrogens with one attached hydrogen (secondary N) is 3. The topological polar surface area (TPSA) is 136 Å². The van der Waals surface area contributed by atoms with Crippen molar-refractivity contribution in [2.45, 2.75) is 105 Å². The molecule has 9 atom stereocenters. The van der Waals surface area contributed by atoms with Crippen LogP contribution in [0.25, 0.3) is 5.57 Å². The van der Waals surface area contributed by atoms with Gasteiger partial charge >= 0.3 is 0 Å². The summed E-state index contributed by atoms with van der Waals surface area (Å²) >= 11 is 0. The van der Waals surface area contributed by atoms with E-state index in [4.69, 9.17) is 9.57 Å². The Labute approximate surface area is 318 Å². The van der Waals surface area contributed by atoms with Gasteiger partial charge in [0.25, 0.3) is 0 Å². The van der Waals surface area contributed by atoms with Crippen molar-refractivity contribution < 1.29 is 29.4 Å². The summed E-state index contributed by atoms with van der Waals surface area (Å²) < 4.78 is 6.05. The molecule has 3 saturated carbocycles. The monoisotopic (exact) mass is 738 g/mol. The number of aliphatic hydroxyl groups excluding tert-OH is 2. The number of carbonyl (C=O) groups excluding carboxylic acids is 2. The number of hydrogen-bond acceptors (Lipinski definition) is 9. The van der Waals surface area contributed by atoms with E-state index in [2.05, 4.69) is 62.0 Å². The minimum absolute atomic E-state index is 0.00171. The number of likely N-dealkylation sites (N-methyl/N-ethyl adjacent to an activating group) is 2. The van der Waals surface area contributed by atoms with Gasteiger partial charge in [0, 0.05) is 54.0 Å². The van der Waals surface area contributed by atoms with Gasteiger partial charge in [0.15, 0.2) is 0 Å². The standard InChI is InChI=1S/C42H67N5O6/c1-12-43-26(4)19-29(16-17-37(50)44-32(18-25(2)3)23-46(9)10)33-15-13-14-30(40(33)52-11)22-47-39(38(28(6)49)36(24-48)53-47)41(51)45-35-21-31-20-34(27(35)5)42(31,7)8/h13-17,19,25,27-28,31-32,34-36,38-39,43,48-49H,4,12,18,20-24H2,1-3,5-11H3,(H,44,50)(H,45,51)/b17-16+,29-19+/t27-,28-,31-,32-,34-,35-,36-,38+,39-/m0/s1. The molecule has 2 amide bonds. The van der Waals surface area contributed by atoms with E-state index in [1.807, 2.05) is 45.3 Å². The van der Waals surface area contributed by atoms with E-state index in [-0.39, 0.29) is 42.5 Å². The van der Waals surface area contributed by atoms with Crippen LogP contribution >= 0.6 is 0 Å². The third kappa shape index (κ3) is 10.1. The Hall–Kier alpha value is -3.22. The molecular weight excluding hydrogens is 670 g/mol. The molecule has 1 aromatic carbocycles. The molecule has 5 rings (SSSR count). The highest BCUT2D eigenvalue weighted by Gasteiger charge is 2.57. The number of nitrogens with zero attached hydrogens (tertiary/aromatic N) is 2. The molecule has 0 radical (unpaired) electrons. The SMILES string of the molecule is C=C(/C=C(\C=C\C(=O)N[C@@H](CC(C)C)CN(C)C)c1cccc(CN2O[C@@H](CO)[C@@H]([C@H](C)O)[C@H]2C(=O)N[C@H]2C[C@@H]3C[C@@H]([C@@H]2C)C3(C)C)c1OC)NCC. The van der Waals surface area contributed by atoms with Gasteiger partial charge in [-0.1, -0.05) is 59.4 Å². The van der Waals surface area contributed by atoms with Crippen LogP contribution in [-0.2, 0) is 21.0 Å². The number of aliphatic hydroxyl groups is 2. The van der Waals surface area contributed by atoms with E-state index in [9.17, 15) is 19.8 Å². The van der Waals surface area contributed by atoms with Crippen LogP contribution in [0.15, 0.2) is 48.7 Å².